The quantitative estimate of drug-likeness (QED) is 0.625. The van der Waals surface area contributed by atoms with Gasteiger partial charge < -0.3 is 10.4 Å². The molecule has 66 valence electrons. The van der Waals surface area contributed by atoms with E-state index in [2.05, 4.69) is 5.32 Å². The van der Waals surface area contributed by atoms with Gasteiger partial charge in [-0.2, -0.15) is 0 Å². The number of alkyl halides is 1. The molecule has 0 unspecified atom stereocenters. The first-order valence-electron chi connectivity index (χ1n) is 3.45. The molecule has 0 saturated heterocycles. The van der Waals surface area contributed by atoms with E-state index in [9.17, 15) is 9.18 Å². The minimum Gasteiger partial charge on any atom is -0.387 e. The summed E-state index contributed by atoms with van der Waals surface area (Å²) in [4.78, 5) is 10.3. The van der Waals surface area contributed by atoms with E-state index in [-0.39, 0.29) is 12.5 Å². The number of nitrogens with one attached hydrogen (secondary N) is 1. The third-order valence-electron chi connectivity index (χ3n) is 1.30. The first kappa shape index (κ1) is 10.4. The normalized spacial score (nSPS) is 14.3. The van der Waals surface area contributed by atoms with E-state index < -0.39 is 11.8 Å². The first-order valence-corrected chi connectivity index (χ1v) is 3.45. The minimum atomic E-state index is -1.42. The number of amides is 1. The Morgan fingerprint density at radius 1 is 1.73 bits per heavy atom. The molecule has 0 heterocycles. The summed E-state index contributed by atoms with van der Waals surface area (Å²) in [5.41, 5.74) is -1.39. The molecule has 0 aromatic carbocycles. The number of rotatable bonds is 3. The smallest absolute Gasteiger partial charge is 0.216 e. The third-order valence-corrected chi connectivity index (χ3v) is 1.30. The van der Waals surface area contributed by atoms with Crippen molar-refractivity contribution in [1.82, 2.24) is 5.32 Å². The SMILES string of the molecule is CC(=O)NC[C@@H](F)C(C)(C)O. The van der Waals surface area contributed by atoms with Crippen LogP contribution in [-0.4, -0.2) is 29.3 Å². The second-order valence-electron chi connectivity index (χ2n) is 3.06. The molecule has 0 spiro atoms. The maximum Gasteiger partial charge on any atom is 0.216 e. The van der Waals surface area contributed by atoms with Gasteiger partial charge >= 0.3 is 0 Å². The summed E-state index contributed by atoms with van der Waals surface area (Å²) in [6.07, 6.45) is -1.42. The minimum absolute atomic E-state index is 0.140. The van der Waals surface area contributed by atoms with Gasteiger partial charge in [-0.1, -0.05) is 0 Å². The number of carbonyl (C=O) groups is 1. The van der Waals surface area contributed by atoms with Crippen LogP contribution in [0.5, 0.6) is 0 Å². The van der Waals surface area contributed by atoms with Crippen LogP contribution >= 0.6 is 0 Å². The van der Waals surface area contributed by atoms with E-state index in [1.807, 2.05) is 0 Å². The Kier molecular flexibility index (Phi) is 3.45. The summed E-state index contributed by atoms with van der Waals surface area (Å²) in [5.74, 6) is -0.295. The highest BCUT2D eigenvalue weighted by Gasteiger charge is 2.26. The van der Waals surface area contributed by atoms with Crippen LogP contribution in [0.15, 0.2) is 0 Å². The average Bonchev–Trinajstić information content (AvgIpc) is 1.80. The van der Waals surface area contributed by atoms with Crippen molar-refractivity contribution < 1.29 is 14.3 Å². The van der Waals surface area contributed by atoms with Crippen LogP contribution in [0, 0.1) is 0 Å². The lowest BCUT2D eigenvalue weighted by Gasteiger charge is -2.21. The van der Waals surface area contributed by atoms with Crippen LogP contribution in [0.4, 0.5) is 4.39 Å². The summed E-state index contributed by atoms with van der Waals surface area (Å²) in [5, 5.41) is 11.4. The molecule has 0 aliphatic rings. The molecule has 4 heteroatoms. The largest absolute Gasteiger partial charge is 0.387 e. The summed E-state index contributed by atoms with van der Waals surface area (Å²) in [7, 11) is 0. The molecule has 0 bridgehead atoms. The second kappa shape index (κ2) is 3.67. The molecule has 0 rings (SSSR count). The highest BCUT2D eigenvalue weighted by atomic mass is 19.1. The predicted octanol–water partition coefficient (Wildman–Crippen LogP) is 0.232. The molecule has 1 atom stereocenters. The fourth-order valence-electron chi connectivity index (χ4n) is 0.483. The summed E-state index contributed by atoms with van der Waals surface area (Å²) in [6, 6.07) is 0. The molecule has 0 aromatic rings. The number of carbonyl (C=O) groups excluding carboxylic acids is 1. The maximum absolute atomic E-state index is 12.8. The number of aliphatic hydroxyl groups is 1. The highest BCUT2D eigenvalue weighted by molar-refractivity contribution is 5.72. The zero-order valence-electron chi connectivity index (χ0n) is 7.02. The molecule has 3 nitrogen and oxygen atoms in total. The lowest BCUT2D eigenvalue weighted by molar-refractivity contribution is -0.119. The summed E-state index contributed by atoms with van der Waals surface area (Å²) < 4.78 is 12.8. The van der Waals surface area contributed by atoms with Gasteiger partial charge in [-0.15, -0.1) is 0 Å². The van der Waals surface area contributed by atoms with Crippen molar-refractivity contribution in [2.24, 2.45) is 0 Å². The highest BCUT2D eigenvalue weighted by Crippen LogP contribution is 2.10. The zero-order chi connectivity index (χ0) is 9.07. The Balaban J connectivity index is 3.70. The van der Waals surface area contributed by atoms with Crippen molar-refractivity contribution in [3.8, 4) is 0 Å². The topological polar surface area (TPSA) is 49.3 Å². The second-order valence-corrected chi connectivity index (χ2v) is 3.06. The molecule has 0 radical (unpaired) electrons. The van der Waals surface area contributed by atoms with Crippen molar-refractivity contribution in [2.45, 2.75) is 32.5 Å². The predicted molar refractivity (Wildman–Crippen MR) is 39.9 cm³/mol. The van der Waals surface area contributed by atoms with Gasteiger partial charge in [-0.3, -0.25) is 4.79 Å². The Morgan fingerprint density at radius 3 is 2.45 bits per heavy atom. The molecule has 0 aromatic heterocycles. The average molecular weight is 163 g/mol. The molecular weight excluding hydrogens is 149 g/mol. The molecule has 11 heavy (non-hydrogen) atoms. The summed E-state index contributed by atoms with van der Waals surface area (Å²) in [6.45, 7) is 3.88. The Hall–Kier alpha value is -0.640. The van der Waals surface area contributed by atoms with Gasteiger partial charge in [-0.25, -0.2) is 4.39 Å². The van der Waals surface area contributed by atoms with Gasteiger partial charge in [-0.05, 0) is 13.8 Å². The van der Waals surface area contributed by atoms with Gasteiger partial charge in [0.2, 0.25) is 5.91 Å². The Labute approximate surface area is 65.6 Å². The Bertz CT molecular complexity index is 142. The summed E-state index contributed by atoms with van der Waals surface area (Å²) >= 11 is 0. The fraction of sp³-hybridized carbons (Fsp3) is 0.857. The molecule has 0 saturated carbocycles. The van der Waals surface area contributed by atoms with Crippen LogP contribution < -0.4 is 5.32 Å². The third kappa shape index (κ3) is 4.72. The zero-order valence-corrected chi connectivity index (χ0v) is 7.02. The monoisotopic (exact) mass is 163 g/mol. The number of hydrogen-bond donors (Lipinski definition) is 2. The van der Waals surface area contributed by atoms with Crippen LogP contribution in [0.25, 0.3) is 0 Å². The molecular formula is C7H14FNO2. The lowest BCUT2D eigenvalue weighted by Crippen LogP contribution is -2.41. The van der Waals surface area contributed by atoms with Crippen LogP contribution in [0.1, 0.15) is 20.8 Å². The van der Waals surface area contributed by atoms with E-state index in [0.717, 1.165) is 0 Å². The molecule has 0 fully saturated rings. The van der Waals surface area contributed by atoms with Gasteiger partial charge in [0.1, 0.15) is 6.17 Å². The van der Waals surface area contributed by atoms with E-state index in [4.69, 9.17) is 5.11 Å². The molecule has 1 amide bonds. The van der Waals surface area contributed by atoms with Crippen LogP contribution in [0.3, 0.4) is 0 Å². The van der Waals surface area contributed by atoms with Crippen LogP contribution in [-0.2, 0) is 4.79 Å². The van der Waals surface area contributed by atoms with Crippen molar-refractivity contribution in [2.75, 3.05) is 6.54 Å². The molecule has 0 aliphatic carbocycles. The fourth-order valence-corrected chi connectivity index (χ4v) is 0.483. The van der Waals surface area contributed by atoms with Gasteiger partial charge in [0.05, 0.1) is 12.1 Å². The van der Waals surface area contributed by atoms with Crippen molar-refractivity contribution in [3.05, 3.63) is 0 Å². The van der Waals surface area contributed by atoms with Crippen molar-refractivity contribution in [1.29, 1.82) is 0 Å². The molecule has 2 N–H and O–H groups in total. The first-order chi connectivity index (χ1) is 4.84. The molecule has 0 aliphatic heterocycles. The van der Waals surface area contributed by atoms with E-state index >= 15 is 0 Å². The van der Waals surface area contributed by atoms with Crippen molar-refractivity contribution >= 4 is 5.91 Å². The van der Waals surface area contributed by atoms with Gasteiger partial charge in [0.15, 0.2) is 0 Å². The van der Waals surface area contributed by atoms with Crippen molar-refractivity contribution in [3.63, 3.8) is 0 Å². The van der Waals surface area contributed by atoms with E-state index in [1.165, 1.54) is 20.8 Å². The number of hydrogen-bond acceptors (Lipinski definition) is 2. The maximum atomic E-state index is 12.8. The van der Waals surface area contributed by atoms with E-state index in [1.54, 1.807) is 0 Å². The van der Waals surface area contributed by atoms with Crippen LogP contribution in [0.2, 0.25) is 0 Å². The standard InChI is InChI=1S/C7H14FNO2/c1-5(10)9-4-6(8)7(2,3)11/h6,11H,4H2,1-3H3,(H,9,10)/t6-/m1/s1. The van der Waals surface area contributed by atoms with Gasteiger partial charge in [0.25, 0.3) is 0 Å². The van der Waals surface area contributed by atoms with Gasteiger partial charge in [0, 0.05) is 6.92 Å². The van der Waals surface area contributed by atoms with E-state index in [0.29, 0.717) is 0 Å². The number of halogens is 1. The lowest BCUT2D eigenvalue weighted by atomic mass is 10.0. The Morgan fingerprint density at radius 2 is 2.18 bits per heavy atom.